The first-order valence-corrected chi connectivity index (χ1v) is 14.3. The summed E-state index contributed by atoms with van der Waals surface area (Å²) in [6, 6.07) is 0. The van der Waals surface area contributed by atoms with Gasteiger partial charge >= 0.3 is 40.8 Å². The van der Waals surface area contributed by atoms with Crippen molar-refractivity contribution >= 4 is 17.9 Å². The van der Waals surface area contributed by atoms with E-state index in [4.69, 9.17) is 0 Å². The molecule has 2 unspecified atom stereocenters. The Bertz CT molecular complexity index is 559. The van der Waals surface area contributed by atoms with E-state index in [2.05, 4.69) is 20.8 Å². The summed E-state index contributed by atoms with van der Waals surface area (Å²) in [5.41, 5.74) is -1.83. The van der Waals surface area contributed by atoms with Gasteiger partial charge < -0.3 is 29.7 Å². The molecule has 37 heavy (non-hydrogen) atoms. The topological polar surface area (TPSA) is 120 Å². The van der Waals surface area contributed by atoms with Crippen molar-refractivity contribution in [3.63, 3.8) is 0 Å². The number of hydrogen-bond acceptors (Lipinski definition) is 6. The van der Waals surface area contributed by atoms with Gasteiger partial charge in [0.05, 0.1) is 0 Å². The zero-order valence-corrected chi connectivity index (χ0v) is 28.8. The molecule has 7 heteroatoms. The van der Waals surface area contributed by atoms with E-state index in [1.165, 1.54) is 12.8 Å². The molecule has 0 amide bonds. The summed E-state index contributed by atoms with van der Waals surface area (Å²) in [4.78, 5) is 32.2. The van der Waals surface area contributed by atoms with Crippen molar-refractivity contribution in [1.29, 1.82) is 0 Å². The zero-order chi connectivity index (χ0) is 28.8. The molecule has 0 rings (SSSR count). The Morgan fingerprint density at radius 2 is 0.811 bits per heavy atom. The number of unbranched alkanes of at least 4 members (excludes halogenated alkanes) is 5. The predicted octanol–water partition coefficient (Wildman–Crippen LogP) is 5.20. The third-order valence-corrected chi connectivity index (χ3v) is 6.96. The smallest absolute Gasteiger partial charge is 0.550 e. The Labute approximate surface area is 261 Å². The first kappa shape index (κ1) is 43.8. The second kappa shape index (κ2) is 24.8. The zero-order valence-electron chi connectivity index (χ0n) is 25.6. The van der Waals surface area contributed by atoms with Crippen LogP contribution in [0.5, 0.6) is 0 Å². The summed E-state index contributed by atoms with van der Waals surface area (Å²) in [7, 11) is 0. The van der Waals surface area contributed by atoms with Crippen LogP contribution in [-0.4, -0.2) is 17.9 Å². The van der Waals surface area contributed by atoms with Gasteiger partial charge in [0.1, 0.15) is 0 Å². The van der Waals surface area contributed by atoms with Crippen molar-refractivity contribution in [2.24, 2.45) is 16.2 Å². The minimum absolute atomic E-state index is 0. The molecule has 0 spiro atoms. The van der Waals surface area contributed by atoms with Crippen molar-refractivity contribution in [2.75, 3.05) is 0 Å². The van der Waals surface area contributed by atoms with Gasteiger partial charge in [-0.2, -0.15) is 0 Å². The summed E-state index contributed by atoms with van der Waals surface area (Å²) in [6.45, 7) is 17.3. The predicted molar refractivity (Wildman–Crippen MR) is 143 cm³/mol. The van der Waals surface area contributed by atoms with E-state index in [0.29, 0.717) is 0 Å². The number of rotatable bonds is 18. The van der Waals surface area contributed by atoms with Crippen LogP contribution in [0.1, 0.15) is 159 Å². The molecule has 0 bridgehead atoms. The summed E-state index contributed by atoms with van der Waals surface area (Å²) >= 11 is 0. The first-order valence-electron chi connectivity index (χ1n) is 14.3. The van der Waals surface area contributed by atoms with Crippen molar-refractivity contribution in [2.45, 2.75) is 159 Å². The molecule has 0 aliphatic carbocycles. The molecule has 0 aliphatic rings. The molecule has 0 saturated carbocycles. The summed E-state index contributed by atoms with van der Waals surface area (Å²) in [5.74, 6) is -2.71. The minimum atomic E-state index is -0.931. The molecule has 0 aromatic rings. The van der Waals surface area contributed by atoms with Gasteiger partial charge in [-0.3, -0.25) is 0 Å². The number of hydrogen-bond donors (Lipinski definition) is 0. The molecule has 217 valence electrons. The maximum Gasteiger partial charge on any atom is 3.00 e. The van der Waals surface area contributed by atoms with Crippen LogP contribution in [-0.2, 0) is 14.4 Å². The van der Waals surface area contributed by atoms with Crippen LogP contribution >= 0.6 is 0 Å². The molecular weight excluding hydrogens is 601 g/mol. The second-order valence-electron chi connectivity index (χ2n) is 11.4. The molecule has 0 saturated heterocycles. The van der Waals surface area contributed by atoms with Gasteiger partial charge in [-0.05, 0) is 32.1 Å². The fraction of sp³-hybridized carbons (Fsp3) is 0.900. The first-order chi connectivity index (χ1) is 16.6. The maximum absolute atomic E-state index is 10.8. The van der Waals surface area contributed by atoms with Crippen molar-refractivity contribution in [1.82, 2.24) is 0 Å². The van der Waals surface area contributed by atoms with Crippen LogP contribution < -0.4 is 15.3 Å². The number of carboxylic acids is 3. The minimum Gasteiger partial charge on any atom is -0.550 e. The molecule has 0 N–H and O–H groups in total. The van der Waals surface area contributed by atoms with Gasteiger partial charge in [0, 0.05) is 34.2 Å². The Morgan fingerprint density at radius 1 is 0.459 bits per heavy atom. The van der Waals surface area contributed by atoms with Crippen LogP contribution in [0.3, 0.4) is 0 Å². The van der Waals surface area contributed by atoms with Gasteiger partial charge in [-0.15, -0.1) is 0 Å². The van der Waals surface area contributed by atoms with Crippen LogP contribution in [0.2, 0.25) is 0 Å². The molecule has 0 aliphatic heterocycles. The Balaban J connectivity index is -0.000000218. The quantitative estimate of drug-likeness (QED) is 0.187. The molecule has 0 heterocycles. The van der Waals surface area contributed by atoms with Crippen LogP contribution in [0.15, 0.2) is 0 Å². The van der Waals surface area contributed by atoms with E-state index in [9.17, 15) is 29.7 Å². The molecule has 0 fully saturated rings. The van der Waals surface area contributed by atoms with Crippen LogP contribution in [0.4, 0.5) is 0 Å². The van der Waals surface area contributed by atoms with E-state index >= 15 is 0 Å². The number of aliphatic carboxylic acids is 3. The van der Waals surface area contributed by atoms with Crippen LogP contribution in [0.25, 0.3) is 0 Å². The SMILES string of the molecule is CCCCC(C)(CCC)C(=O)[O-].CCCCC(C)(CCC)C(=O)[O-].CCCCCCC(C)(C)C(=O)[O-].[Nd+3]. The van der Waals surface area contributed by atoms with Crippen molar-refractivity contribution in [3.8, 4) is 0 Å². The van der Waals surface area contributed by atoms with Crippen molar-refractivity contribution in [3.05, 3.63) is 0 Å². The van der Waals surface area contributed by atoms with E-state index in [0.717, 1.165) is 83.5 Å². The van der Waals surface area contributed by atoms with E-state index < -0.39 is 34.2 Å². The summed E-state index contributed by atoms with van der Waals surface area (Å²) < 4.78 is 0. The normalized spacial score (nSPS) is 13.9. The Kier molecular flexibility index (Phi) is 29.3. The fourth-order valence-electron chi connectivity index (χ4n) is 3.99. The molecule has 1 radical (unpaired) electrons. The van der Waals surface area contributed by atoms with Crippen LogP contribution in [0, 0.1) is 57.1 Å². The molecule has 0 aromatic carbocycles. The standard InChI is InChI=1S/3C10H20O2.Nd/c1-4-5-6-7-8-10(2,3)9(11)12;2*1-4-6-8-10(3,7-5-2)9(11)12;/h3*4-8H2,1-3H3,(H,11,12);/q;;;+3/p-3. The second-order valence-corrected chi connectivity index (χ2v) is 11.4. The average molecular weight is 658 g/mol. The van der Waals surface area contributed by atoms with Gasteiger partial charge in [0.15, 0.2) is 0 Å². The maximum atomic E-state index is 10.8. The molecule has 0 aromatic heterocycles. The number of carboxylic acid groups (broad SMARTS) is 3. The van der Waals surface area contributed by atoms with E-state index in [-0.39, 0.29) is 40.8 Å². The molecule has 6 nitrogen and oxygen atoms in total. The van der Waals surface area contributed by atoms with E-state index in [1.807, 2.05) is 13.8 Å². The van der Waals surface area contributed by atoms with Gasteiger partial charge in [-0.25, -0.2) is 0 Å². The third kappa shape index (κ3) is 22.3. The monoisotopic (exact) mass is 655 g/mol. The number of carbonyl (C=O) groups is 3. The fourth-order valence-corrected chi connectivity index (χ4v) is 3.99. The van der Waals surface area contributed by atoms with Gasteiger partial charge in [0.25, 0.3) is 0 Å². The summed E-state index contributed by atoms with van der Waals surface area (Å²) in [5, 5.41) is 32.2. The van der Waals surface area contributed by atoms with E-state index in [1.54, 1.807) is 27.7 Å². The average Bonchev–Trinajstić information content (AvgIpc) is 2.80. The van der Waals surface area contributed by atoms with Gasteiger partial charge in [0.2, 0.25) is 0 Å². The molecule has 2 atom stereocenters. The summed E-state index contributed by atoms with van der Waals surface area (Å²) in [6.07, 6.45) is 14.1. The third-order valence-electron chi connectivity index (χ3n) is 6.96. The van der Waals surface area contributed by atoms with Gasteiger partial charge in [-0.1, -0.05) is 127 Å². The van der Waals surface area contributed by atoms with Crippen molar-refractivity contribution < 1.29 is 70.5 Å². The largest absolute Gasteiger partial charge is 3.00 e. The Morgan fingerprint density at radius 3 is 1.05 bits per heavy atom. The molecular formula is C30H57NdO6. The Hall–Kier alpha value is -0.239. The number of carbonyl (C=O) groups excluding carboxylic acids is 3.